The number of hydrogen-bond acceptors (Lipinski definition) is 7. The summed E-state index contributed by atoms with van der Waals surface area (Å²) >= 11 is 0. The standard InChI is InChI=1S/C7H4N6O2/c1-2-8-11-4(1)7-10-6(13-14-7)5-3-9-15-12-5/h1-3H,(H,8,11). The van der Waals surface area contributed by atoms with Gasteiger partial charge in [-0.3, -0.25) is 5.10 Å². The van der Waals surface area contributed by atoms with Gasteiger partial charge in [-0.15, -0.1) is 0 Å². The summed E-state index contributed by atoms with van der Waals surface area (Å²) < 4.78 is 9.42. The van der Waals surface area contributed by atoms with Crippen molar-refractivity contribution in [3.63, 3.8) is 0 Å². The van der Waals surface area contributed by atoms with E-state index in [9.17, 15) is 0 Å². The summed E-state index contributed by atoms with van der Waals surface area (Å²) in [4.78, 5) is 4.08. The lowest BCUT2D eigenvalue weighted by Gasteiger charge is -1.82. The van der Waals surface area contributed by atoms with Crippen molar-refractivity contribution in [2.24, 2.45) is 0 Å². The van der Waals surface area contributed by atoms with E-state index in [1.54, 1.807) is 12.3 Å². The molecule has 15 heavy (non-hydrogen) atoms. The molecule has 0 spiro atoms. The van der Waals surface area contributed by atoms with E-state index >= 15 is 0 Å². The molecule has 1 N–H and O–H groups in total. The molecule has 0 saturated carbocycles. The Morgan fingerprint density at radius 2 is 2.27 bits per heavy atom. The third-order valence-electron chi connectivity index (χ3n) is 1.75. The highest BCUT2D eigenvalue weighted by atomic mass is 16.6. The molecule has 0 fully saturated rings. The third kappa shape index (κ3) is 1.27. The topological polar surface area (TPSA) is 107 Å². The molecule has 8 heteroatoms. The second-order valence-corrected chi connectivity index (χ2v) is 2.69. The molecule has 0 aromatic carbocycles. The molecule has 3 aromatic rings. The van der Waals surface area contributed by atoms with E-state index < -0.39 is 0 Å². The second-order valence-electron chi connectivity index (χ2n) is 2.69. The lowest BCUT2D eigenvalue weighted by Crippen LogP contribution is -1.80. The van der Waals surface area contributed by atoms with Gasteiger partial charge in [-0.1, -0.05) is 10.3 Å². The fourth-order valence-corrected chi connectivity index (χ4v) is 1.08. The molecular formula is C7H4N6O2. The monoisotopic (exact) mass is 204 g/mol. The van der Waals surface area contributed by atoms with Crippen LogP contribution in [0.1, 0.15) is 0 Å². The molecule has 0 aliphatic rings. The predicted molar refractivity (Wildman–Crippen MR) is 45.2 cm³/mol. The molecule has 74 valence electrons. The van der Waals surface area contributed by atoms with Crippen molar-refractivity contribution >= 4 is 0 Å². The van der Waals surface area contributed by atoms with Crippen LogP contribution in [0.5, 0.6) is 0 Å². The minimum atomic E-state index is 0.320. The molecule has 0 aliphatic heterocycles. The highest BCUT2D eigenvalue weighted by Gasteiger charge is 2.13. The highest BCUT2D eigenvalue weighted by Crippen LogP contribution is 2.17. The number of hydrogen-bond donors (Lipinski definition) is 1. The zero-order valence-corrected chi connectivity index (χ0v) is 7.28. The molecular weight excluding hydrogens is 200 g/mol. The van der Waals surface area contributed by atoms with Gasteiger partial charge in [-0.2, -0.15) is 10.1 Å². The lowest BCUT2D eigenvalue weighted by atomic mass is 10.4. The Kier molecular flexibility index (Phi) is 1.58. The number of rotatable bonds is 2. The van der Waals surface area contributed by atoms with E-state index in [2.05, 4.69) is 35.3 Å². The zero-order chi connectivity index (χ0) is 10.1. The number of H-pyrrole nitrogens is 1. The largest absolute Gasteiger partial charge is 0.332 e. The molecule has 0 unspecified atom stereocenters. The Morgan fingerprint density at radius 3 is 3.00 bits per heavy atom. The first kappa shape index (κ1) is 7.85. The number of nitrogens with one attached hydrogen (secondary N) is 1. The molecule has 3 heterocycles. The summed E-state index contributed by atoms with van der Waals surface area (Å²) in [6, 6.07) is 1.72. The highest BCUT2D eigenvalue weighted by molar-refractivity contribution is 5.52. The van der Waals surface area contributed by atoms with Crippen LogP contribution in [0, 0.1) is 0 Å². The Hall–Kier alpha value is -2.51. The van der Waals surface area contributed by atoms with Crippen molar-refractivity contribution in [1.82, 2.24) is 30.7 Å². The summed E-state index contributed by atoms with van der Waals surface area (Å²) in [5.74, 6) is 0.659. The van der Waals surface area contributed by atoms with Crippen LogP contribution >= 0.6 is 0 Å². The van der Waals surface area contributed by atoms with Crippen molar-refractivity contribution in [3.05, 3.63) is 18.5 Å². The summed E-state index contributed by atoms with van der Waals surface area (Å²) in [7, 11) is 0. The van der Waals surface area contributed by atoms with Gasteiger partial charge in [0, 0.05) is 6.20 Å². The van der Waals surface area contributed by atoms with Crippen LogP contribution in [0.4, 0.5) is 0 Å². The van der Waals surface area contributed by atoms with Crippen LogP contribution in [0.15, 0.2) is 27.6 Å². The van der Waals surface area contributed by atoms with Gasteiger partial charge in [0.05, 0.1) is 0 Å². The van der Waals surface area contributed by atoms with Crippen LogP contribution in [0.25, 0.3) is 23.1 Å². The number of aromatic nitrogens is 6. The van der Waals surface area contributed by atoms with Crippen molar-refractivity contribution in [2.75, 3.05) is 0 Å². The normalized spacial score (nSPS) is 10.7. The first-order valence-corrected chi connectivity index (χ1v) is 4.05. The summed E-state index contributed by atoms with van der Waals surface area (Å²) in [5, 5.41) is 17.2. The summed E-state index contributed by atoms with van der Waals surface area (Å²) in [5.41, 5.74) is 1.06. The minimum absolute atomic E-state index is 0.320. The second kappa shape index (κ2) is 3.01. The first-order valence-electron chi connectivity index (χ1n) is 4.05. The SMILES string of the molecule is c1cc(-c2nc(-c3cnon3)no2)[nH]n1. The maximum absolute atomic E-state index is 4.99. The van der Waals surface area contributed by atoms with Gasteiger partial charge in [-0.25, -0.2) is 4.63 Å². The summed E-state index contributed by atoms with van der Waals surface area (Å²) in [6.45, 7) is 0. The van der Waals surface area contributed by atoms with Gasteiger partial charge in [0.15, 0.2) is 5.69 Å². The van der Waals surface area contributed by atoms with Gasteiger partial charge in [0.2, 0.25) is 5.82 Å². The van der Waals surface area contributed by atoms with Gasteiger partial charge < -0.3 is 4.52 Å². The fourth-order valence-electron chi connectivity index (χ4n) is 1.08. The van der Waals surface area contributed by atoms with Gasteiger partial charge >= 0.3 is 0 Å². The zero-order valence-electron chi connectivity index (χ0n) is 7.28. The van der Waals surface area contributed by atoms with E-state index in [1.807, 2.05) is 0 Å². The van der Waals surface area contributed by atoms with Gasteiger partial charge in [0.25, 0.3) is 5.89 Å². The van der Waals surface area contributed by atoms with Crippen LogP contribution < -0.4 is 0 Å². The van der Waals surface area contributed by atoms with Gasteiger partial charge in [-0.05, 0) is 11.2 Å². The summed E-state index contributed by atoms with van der Waals surface area (Å²) in [6.07, 6.45) is 3.00. The number of aromatic amines is 1. The third-order valence-corrected chi connectivity index (χ3v) is 1.75. The predicted octanol–water partition coefficient (Wildman–Crippen LogP) is 0.510. The van der Waals surface area contributed by atoms with E-state index in [0.717, 1.165) is 0 Å². The molecule has 0 aliphatic carbocycles. The quantitative estimate of drug-likeness (QED) is 0.647. The van der Waals surface area contributed by atoms with Crippen LogP contribution in [-0.2, 0) is 0 Å². The molecule has 0 amide bonds. The van der Waals surface area contributed by atoms with Crippen molar-refractivity contribution in [1.29, 1.82) is 0 Å². The van der Waals surface area contributed by atoms with E-state index in [1.165, 1.54) is 6.20 Å². The molecule has 0 saturated heterocycles. The molecule has 3 rings (SSSR count). The average Bonchev–Trinajstić information content (AvgIpc) is 3.02. The maximum atomic E-state index is 4.99. The smallest absolute Gasteiger partial charge is 0.276 e. The van der Waals surface area contributed by atoms with Crippen molar-refractivity contribution in [3.8, 4) is 23.1 Å². The maximum Gasteiger partial charge on any atom is 0.276 e. The van der Waals surface area contributed by atoms with E-state index in [-0.39, 0.29) is 0 Å². The van der Waals surface area contributed by atoms with Crippen LogP contribution in [-0.4, -0.2) is 30.7 Å². The fraction of sp³-hybridized carbons (Fsp3) is 0. The van der Waals surface area contributed by atoms with E-state index in [0.29, 0.717) is 23.1 Å². The van der Waals surface area contributed by atoms with Crippen LogP contribution in [0.2, 0.25) is 0 Å². The number of nitrogens with zero attached hydrogens (tertiary/aromatic N) is 5. The molecule has 8 nitrogen and oxygen atoms in total. The molecule has 0 bridgehead atoms. The van der Waals surface area contributed by atoms with Gasteiger partial charge in [0.1, 0.15) is 11.9 Å². The van der Waals surface area contributed by atoms with E-state index in [4.69, 9.17) is 4.52 Å². The average molecular weight is 204 g/mol. The molecule has 0 atom stereocenters. The van der Waals surface area contributed by atoms with Crippen molar-refractivity contribution < 1.29 is 9.15 Å². The lowest BCUT2D eigenvalue weighted by molar-refractivity contribution is 0.308. The first-order chi connectivity index (χ1) is 7.43. The van der Waals surface area contributed by atoms with Crippen molar-refractivity contribution in [2.45, 2.75) is 0 Å². The Bertz CT molecular complexity index is 491. The molecule has 3 aromatic heterocycles. The Labute approximate surface area is 82.3 Å². The molecule has 0 radical (unpaired) electrons. The minimum Gasteiger partial charge on any atom is -0.332 e. The Morgan fingerprint density at radius 1 is 1.27 bits per heavy atom. The Balaban J connectivity index is 2.02. The van der Waals surface area contributed by atoms with Crippen LogP contribution in [0.3, 0.4) is 0 Å².